The molecule has 0 saturated carbocycles. The van der Waals surface area contributed by atoms with Gasteiger partial charge in [0.25, 0.3) is 0 Å². The lowest BCUT2D eigenvalue weighted by atomic mass is 9.92. The van der Waals surface area contributed by atoms with Crippen LogP contribution in [0.5, 0.6) is 0 Å². The van der Waals surface area contributed by atoms with Crippen LogP contribution in [0.25, 0.3) is 0 Å². The Kier molecular flexibility index (Phi) is 6.66. The summed E-state index contributed by atoms with van der Waals surface area (Å²) in [6.45, 7) is 15.4. The molecule has 0 aliphatic carbocycles. The number of carbonyl (C=O) groups excluding carboxylic acids is 2. The summed E-state index contributed by atoms with van der Waals surface area (Å²) in [5.41, 5.74) is 0.412. The number of cyclic esters (lactones) is 1. The molecule has 3 atom stereocenters. The Labute approximate surface area is 139 Å². The number of hydrogen-bond acceptors (Lipinski definition) is 4. The first kappa shape index (κ1) is 19.5. The van der Waals surface area contributed by atoms with Gasteiger partial charge in [0.1, 0.15) is 11.7 Å². The zero-order valence-electron chi connectivity index (χ0n) is 15.3. The van der Waals surface area contributed by atoms with Gasteiger partial charge in [-0.15, -0.1) is 6.58 Å². The third-order valence-electron chi connectivity index (χ3n) is 3.59. The Bertz CT molecular complexity index is 450. The van der Waals surface area contributed by atoms with Crippen LogP contribution in [0, 0.1) is 11.8 Å². The Morgan fingerprint density at radius 3 is 2.52 bits per heavy atom. The van der Waals surface area contributed by atoms with Crippen molar-refractivity contribution < 1.29 is 19.1 Å². The van der Waals surface area contributed by atoms with Gasteiger partial charge in [-0.1, -0.05) is 19.4 Å². The predicted molar refractivity (Wildman–Crippen MR) is 90.0 cm³/mol. The van der Waals surface area contributed by atoms with Crippen LogP contribution >= 0.6 is 0 Å². The van der Waals surface area contributed by atoms with Crippen molar-refractivity contribution in [1.29, 1.82) is 0 Å². The first-order chi connectivity index (χ1) is 10.5. The molecule has 5 heteroatoms. The van der Waals surface area contributed by atoms with Crippen molar-refractivity contribution in [3.8, 4) is 0 Å². The third-order valence-corrected chi connectivity index (χ3v) is 3.59. The second-order valence-electron chi connectivity index (χ2n) is 7.95. The number of ether oxygens (including phenoxy) is 2. The SMILES string of the molecule is C=C(C)C[C@@H]1C[C@@H]([C@H](CC(C)C)NC(=O)OC(C)(C)C)OC1=O. The average Bonchev–Trinajstić information content (AvgIpc) is 2.66. The van der Waals surface area contributed by atoms with Crippen LogP contribution in [0.4, 0.5) is 4.79 Å². The minimum absolute atomic E-state index is 0.160. The number of hydrogen-bond donors (Lipinski definition) is 1. The minimum atomic E-state index is -0.554. The summed E-state index contributed by atoms with van der Waals surface area (Å²) >= 11 is 0. The summed E-state index contributed by atoms with van der Waals surface area (Å²) in [6, 6.07) is -0.232. The molecule has 1 fully saturated rings. The maximum absolute atomic E-state index is 12.1. The number of allylic oxidation sites excluding steroid dienone is 1. The van der Waals surface area contributed by atoms with Crippen molar-refractivity contribution in [1.82, 2.24) is 5.32 Å². The van der Waals surface area contributed by atoms with Gasteiger partial charge in [0.2, 0.25) is 0 Å². The fourth-order valence-electron chi connectivity index (χ4n) is 2.77. The molecule has 1 aliphatic rings. The largest absolute Gasteiger partial charge is 0.460 e. The molecule has 0 aromatic carbocycles. The summed E-state index contributed by atoms with van der Waals surface area (Å²) in [5.74, 6) is 0.0131. The first-order valence-corrected chi connectivity index (χ1v) is 8.32. The highest BCUT2D eigenvalue weighted by Crippen LogP contribution is 2.30. The van der Waals surface area contributed by atoms with Gasteiger partial charge in [0.05, 0.1) is 12.0 Å². The van der Waals surface area contributed by atoms with Crippen molar-refractivity contribution in [3.63, 3.8) is 0 Å². The molecule has 0 aromatic heterocycles. The van der Waals surface area contributed by atoms with Gasteiger partial charge < -0.3 is 14.8 Å². The molecular formula is C18H31NO4. The Morgan fingerprint density at radius 1 is 1.43 bits per heavy atom. The maximum atomic E-state index is 12.1. The summed E-state index contributed by atoms with van der Waals surface area (Å²) < 4.78 is 10.8. The van der Waals surface area contributed by atoms with Crippen LogP contribution in [0.1, 0.15) is 60.8 Å². The number of amides is 1. The standard InChI is InChI=1S/C18H31NO4/c1-11(2)8-13-10-15(22-16(13)20)14(9-12(3)4)19-17(21)23-18(5,6)7/h12-15H,1,8-10H2,2-7H3,(H,19,21)/t13-,14+,15+/m1/s1. The number of carbonyl (C=O) groups is 2. The highest BCUT2D eigenvalue weighted by Gasteiger charge is 2.39. The minimum Gasteiger partial charge on any atom is -0.460 e. The molecule has 1 saturated heterocycles. The second-order valence-corrected chi connectivity index (χ2v) is 7.95. The van der Waals surface area contributed by atoms with E-state index in [1.54, 1.807) is 0 Å². The average molecular weight is 325 g/mol. The number of esters is 1. The van der Waals surface area contributed by atoms with Crippen molar-refractivity contribution in [2.45, 2.75) is 78.6 Å². The smallest absolute Gasteiger partial charge is 0.408 e. The summed E-state index contributed by atoms with van der Waals surface area (Å²) in [5, 5.41) is 2.88. The predicted octanol–water partition coefficient (Wildman–Crippen LogP) is 3.82. The molecule has 1 N–H and O–H groups in total. The summed E-state index contributed by atoms with van der Waals surface area (Å²) in [7, 11) is 0. The van der Waals surface area contributed by atoms with Crippen LogP contribution in [-0.2, 0) is 14.3 Å². The van der Waals surface area contributed by atoms with Crippen molar-refractivity contribution in [3.05, 3.63) is 12.2 Å². The quantitative estimate of drug-likeness (QED) is 0.595. The maximum Gasteiger partial charge on any atom is 0.408 e. The first-order valence-electron chi connectivity index (χ1n) is 8.32. The van der Waals surface area contributed by atoms with Crippen LogP contribution in [-0.4, -0.2) is 29.8 Å². The topological polar surface area (TPSA) is 64.6 Å². The lowest BCUT2D eigenvalue weighted by molar-refractivity contribution is -0.145. The Morgan fingerprint density at radius 2 is 2.04 bits per heavy atom. The molecule has 1 rings (SSSR count). The van der Waals surface area contributed by atoms with Crippen molar-refractivity contribution in [2.75, 3.05) is 0 Å². The van der Waals surface area contributed by atoms with Gasteiger partial charge in [-0.3, -0.25) is 4.79 Å². The second kappa shape index (κ2) is 7.84. The fraction of sp³-hybridized carbons (Fsp3) is 0.778. The van der Waals surface area contributed by atoms with Crippen molar-refractivity contribution in [2.24, 2.45) is 11.8 Å². The van der Waals surface area contributed by atoms with Crippen LogP contribution in [0.3, 0.4) is 0 Å². The van der Waals surface area contributed by atoms with E-state index in [1.807, 2.05) is 27.7 Å². The van der Waals surface area contributed by atoms with Crippen molar-refractivity contribution >= 4 is 12.1 Å². The molecule has 23 heavy (non-hydrogen) atoms. The van der Waals surface area contributed by atoms with Gasteiger partial charge in [-0.2, -0.15) is 0 Å². The van der Waals surface area contributed by atoms with Crippen LogP contribution in [0.2, 0.25) is 0 Å². The van der Waals surface area contributed by atoms with E-state index in [9.17, 15) is 9.59 Å². The van der Waals surface area contributed by atoms with E-state index < -0.39 is 11.7 Å². The van der Waals surface area contributed by atoms with E-state index >= 15 is 0 Å². The molecule has 0 radical (unpaired) electrons. The molecule has 0 aromatic rings. The molecule has 0 bridgehead atoms. The Balaban J connectivity index is 2.73. The normalized spacial score (nSPS) is 22.7. The highest BCUT2D eigenvalue weighted by molar-refractivity contribution is 5.75. The van der Waals surface area contributed by atoms with Gasteiger partial charge in [0, 0.05) is 0 Å². The molecule has 1 heterocycles. The zero-order valence-corrected chi connectivity index (χ0v) is 15.3. The molecule has 1 amide bonds. The lowest BCUT2D eigenvalue weighted by Gasteiger charge is -2.27. The van der Waals surface area contributed by atoms with E-state index in [4.69, 9.17) is 9.47 Å². The number of alkyl carbamates (subject to hydrolysis) is 1. The molecule has 5 nitrogen and oxygen atoms in total. The van der Waals surface area contributed by atoms with Gasteiger partial charge >= 0.3 is 12.1 Å². The molecule has 0 spiro atoms. The van der Waals surface area contributed by atoms with Crippen LogP contribution < -0.4 is 5.32 Å². The van der Waals surface area contributed by atoms with Gasteiger partial charge in [0.15, 0.2) is 0 Å². The van der Waals surface area contributed by atoms with E-state index in [1.165, 1.54) is 0 Å². The summed E-state index contributed by atoms with van der Waals surface area (Å²) in [4.78, 5) is 24.1. The molecule has 1 aliphatic heterocycles. The van der Waals surface area contributed by atoms with Crippen LogP contribution in [0.15, 0.2) is 12.2 Å². The molecular weight excluding hydrogens is 294 g/mol. The monoisotopic (exact) mass is 325 g/mol. The van der Waals surface area contributed by atoms with E-state index in [-0.39, 0.29) is 24.0 Å². The Hall–Kier alpha value is -1.52. The number of nitrogens with one attached hydrogen (secondary N) is 1. The summed E-state index contributed by atoms with van der Waals surface area (Å²) in [6.07, 6.45) is 1.20. The van der Waals surface area contributed by atoms with Gasteiger partial charge in [-0.05, 0) is 52.9 Å². The van der Waals surface area contributed by atoms with E-state index in [2.05, 4.69) is 25.7 Å². The lowest BCUT2D eigenvalue weighted by Crippen LogP contribution is -2.46. The molecule has 0 unspecified atom stereocenters. The van der Waals surface area contributed by atoms with Gasteiger partial charge in [-0.25, -0.2) is 4.79 Å². The van der Waals surface area contributed by atoms with E-state index in [0.29, 0.717) is 18.8 Å². The molecule has 132 valence electrons. The fourth-order valence-corrected chi connectivity index (χ4v) is 2.77. The third kappa shape index (κ3) is 7.06. The number of rotatable bonds is 6. The zero-order chi connectivity index (χ0) is 17.8. The highest BCUT2D eigenvalue weighted by atomic mass is 16.6. The van der Waals surface area contributed by atoms with E-state index in [0.717, 1.165) is 12.0 Å².